The highest BCUT2D eigenvalue weighted by Gasteiger charge is 1.82. The highest BCUT2D eigenvalue weighted by atomic mass is 17.8. The third-order valence-electron chi connectivity index (χ3n) is 0.203. The molecule has 0 radical (unpaired) electrons. The molecule has 0 bridgehead atoms. The van der Waals surface area contributed by atoms with Gasteiger partial charge in [-0.25, -0.2) is 5.26 Å². The molecule has 0 saturated carbocycles. The van der Waals surface area contributed by atoms with Crippen LogP contribution in [0.2, 0.25) is 0 Å². The van der Waals surface area contributed by atoms with Crippen molar-refractivity contribution in [2.45, 2.75) is 0 Å². The van der Waals surface area contributed by atoms with E-state index in [1.807, 2.05) is 0 Å². The minimum atomic E-state index is 2.38. The number of nitrogens with one attached hydrogen (secondary N) is 1. The van der Waals surface area contributed by atoms with Gasteiger partial charge in [-0.2, -0.15) is 10.5 Å². The lowest BCUT2D eigenvalue weighted by Crippen LogP contribution is -1.89. The lowest BCUT2D eigenvalue weighted by atomic mass is 12.6. The van der Waals surface area contributed by atoms with Crippen molar-refractivity contribution < 1.29 is 25.4 Å². The summed E-state index contributed by atoms with van der Waals surface area (Å²) in [5, 5.41) is 24.5. The smallest absolute Gasteiger partial charge is 0.0906 e. The lowest BCUT2D eigenvalue weighted by Gasteiger charge is -1.86. The minimum Gasteiger partial charge on any atom is -0.219 e. The molecule has 9 heteroatoms. The van der Waals surface area contributed by atoms with E-state index in [1.165, 1.54) is 0 Å². The molecular formula is H2N4O5. The molecule has 0 unspecified atom stereocenters. The maximum Gasteiger partial charge on any atom is 0.0906 e. The summed E-state index contributed by atoms with van der Waals surface area (Å²) in [6.07, 6.45) is 0. The Hall–Kier alpha value is -1.16. The van der Waals surface area contributed by atoms with Crippen molar-refractivity contribution in [1.82, 2.24) is 0 Å². The fourth-order valence-electron chi connectivity index (χ4n) is 0.0716. The summed E-state index contributed by atoms with van der Waals surface area (Å²) >= 11 is 0. The Kier molecular flexibility index (Phi) is 5.96. The average molecular weight is 138 g/mol. The molecule has 0 aromatic carbocycles. The van der Waals surface area contributed by atoms with Gasteiger partial charge in [-0.15, -0.1) is 0 Å². The molecule has 0 aliphatic rings. The molecule has 0 amide bonds. The van der Waals surface area contributed by atoms with Crippen LogP contribution in [0, 0.1) is 5.53 Å². The predicted octanol–water partition coefficient (Wildman–Crippen LogP) is 0.584. The fraction of sp³-hybridized carbons (Fsp3) is 0. The molecule has 0 aliphatic heterocycles. The van der Waals surface area contributed by atoms with Crippen molar-refractivity contribution in [3.05, 3.63) is 0 Å². The predicted molar refractivity (Wildman–Crippen MR) is 17.0 cm³/mol. The molecule has 0 aromatic heterocycles. The van der Waals surface area contributed by atoms with Crippen LogP contribution in [0.3, 0.4) is 0 Å². The van der Waals surface area contributed by atoms with Crippen LogP contribution in [0.15, 0.2) is 15.7 Å². The number of hydrogen-bond acceptors (Lipinski definition) is 7. The van der Waals surface area contributed by atoms with Crippen LogP contribution >= 0.6 is 0 Å². The molecule has 0 aromatic rings. The maximum atomic E-state index is 7.36. The molecule has 9 nitrogen and oxygen atoms in total. The van der Waals surface area contributed by atoms with Crippen molar-refractivity contribution in [1.29, 1.82) is 5.53 Å². The maximum absolute atomic E-state index is 7.36. The van der Waals surface area contributed by atoms with E-state index < -0.39 is 0 Å². The Morgan fingerprint density at radius 1 is 1.33 bits per heavy atom. The summed E-state index contributed by atoms with van der Waals surface area (Å²) in [4.78, 5) is 3.55. The summed E-state index contributed by atoms with van der Waals surface area (Å²) in [5.41, 5.74) is 5.99. The van der Waals surface area contributed by atoms with E-state index in [-0.39, 0.29) is 0 Å². The Morgan fingerprint density at radius 2 is 2.11 bits per heavy atom. The Bertz CT molecular complexity index is 89.0. The first-order chi connectivity index (χ1) is 4.41. The molecule has 0 rings (SSSR count). The minimum absolute atomic E-state index is 2.38. The zero-order valence-electron chi connectivity index (χ0n) is 3.92. The van der Waals surface area contributed by atoms with E-state index in [1.54, 1.807) is 0 Å². The van der Waals surface area contributed by atoms with Crippen LogP contribution in [0.5, 0.6) is 0 Å². The molecule has 0 fully saturated rings. The Labute approximate surface area is 47.9 Å². The van der Waals surface area contributed by atoms with Gasteiger partial charge in [-0.1, -0.05) is 0 Å². The van der Waals surface area contributed by atoms with Crippen molar-refractivity contribution in [2.24, 2.45) is 15.7 Å². The second-order valence-corrected chi connectivity index (χ2v) is 0.556. The zero-order valence-corrected chi connectivity index (χ0v) is 3.92. The zero-order chi connectivity index (χ0) is 6.95. The van der Waals surface area contributed by atoms with Crippen molar-refractivity contribution >= 4 is 0 Å². The second kappa shape index (κ2) is 6.84. The van der Waals surface area contributed by atoms with Gasteiger partial charge in [0.1, 0.15) is 0 Å². The monoisotopic (exact) mass is 138 g/mol. The van der Waals surface area contributed by atoms with E-state index in [0.717, 1.165) is 0 Å². The Balaban J connectivity index is 2.90. The quantitative estimate of drug-likeness (QED) is 0.249. The van der Waals surface area contributed by atoms with Crippen LogP contribution < -0.4 is 0 Å². The molecule has 0 atom stereocenters. The summed E-state index contributed by atoms with van der Waals surface area (Å²) < 4.78 is 0. The number of nitrogens with zero attached hydrogens (tertiary/aromatic N) is 3. The Morgan fingerprint density at radius 3 is 2.67 bits per heavy atom. The summed E-state index contributed by atoms with van der Waals surface area (Å²) in [5.74, 6) is 0. The van der Waals surface area contributed by atoms with Gasteiger partial charge >= 0.3 is 0 Å². The first-order valence-electron chi connectivity index (χ1n) is 1.49. The first kappa shape index (κ1) is 7.84. The standard InChI is InChI=1S/H2N4O5/c1-2-3-4-6-8-9-7-5/h1,5H/b2-1?,4-3+. The molecule has 9 heavy (non-hydrogen) atoms. The van der Waals surface area contributed by atoms with Crippen LogP contribution in [0.25, 0.3) is 0 Å². The fourth-order valence-corrected chi connectivity index (χ4v) is 0.0716. The van der Waals surface area contributed by atoms with Gasteiger partial charge in [-0.05, 0) is 10.3 Å². The molecule has 2 N–H and O–H groups in total. The van der Waals surface area contributed by atoms with Crippen LogP contribution in [-0.2, 0) is 20.1 Å². The molecule has 0 aliphatic carbocycles. The van der Waals surface area contributed by atoms with E-state index in [2.05, 4.69) is 35.8 Å². The third kappa shape index (κ3) is 6.84. The van der Waals surface area contributed by atoms with E-state index in [9.17, 15) is 0 Å². The molecule has 52 valence electrons. The third-order valence-corrected chi connectivity index (χ3v) is 0.203. The number of hydrogen-bond donors (Lipinski definition) is 2. The van der Waals surface area contributed by atoms with E-state index >= 15 is 0 Å². The molecule has 0 spiro atoms. The highest BCUT2D eigenvalue weighted by molar-refractivity contribution is 3.82. The van der Waals surface area contributed by atoms with Crippen LogP contribution in [0.4, 0.5) is 0 Å². The lowest BCUT2D eigenvalue weighted by molar-refractivity contribution is -0.704. The average Bonchev–Trinajstić information content (AvgIpc) is 1.89. The van der Waals surface area contributed by atoms with Crippen molar-refractivity contribution in [2.75, 3.05) is 0 Å². The first-order valence-corrected chi connectivity index (χ1v) is 1.49. The molecule has 0 heterocycles. The summed E-state index contributed by atoms with van der Waals surface area (Å²) in [6, 6.07) is 0. The van der Waals surface area contributed by atoms with Gasteiger partial charge < -0.3 is 0 Å². The van der Waals surface area contributed by atoms with Crippen LogP contribution in [-0.4, -0.2) is 5.26 Å². The number of rotatable bonds is 5. The normalized spacial score (nSPS) is 9.89. The second-order valence-electron chi connectivity index (χ2n) is 0.556. The van der Waals surface area contributed by atoms with Crippen LogP contribution in [0.1, 0.15) is 0 Å². The topological polar surface area (TPSA) is 118 Å². The van der Waals surface area contributed by atoms with Gasteiger partial charge in [0, 0.05) is 15.3 Å². The van der Waals surface area contributed by atoms with E-state index in [4.69, 9.17) is 10.8 Å². The van der Waals surface area contributed by atoms with Gasteiger partial charge in [0.15, 0.2) is 0 Å². The summed E-state index contributed by atoms with van der Waals surface area (Å²) in [7, 11) is 0. The highest BCUT2D eigenvalue weighted by Crippen LogP contribution is 1.82. The van der Waals surface area contributed by atoms with Gasteiger partial charge in [0.05, 0.1) is 5.28 Å². The van der Waals surface area contributed by atoms with Gasteiger partial charge in [0.25, 0.3) is 0 Å². The van der Waals surface area contributed by atoms with Gasteiger partial charge in [-0.3, -0.25) is 0 Å². The van der Waals surface area contributed by atoms with Crippen molar-refractivity contribution in [3.63, 3.8) is 0 Å². The molecule has 0 saturated heterocycles. The van der Waals surface area contributed by atoms with Gasteiger partial charge in [0.2, 0.25) is 0 Å². The molecular weight excluding hydrogens is 136 g/mol. The van der Waals surface area contributed by atoms with Crippen molar-refractivity contribution in [3.8, 4) is 0 Å². The van der Waals surface area contributed by atoms with E-state index in [0.29, 0.717) is 0 Å². The summed E-state index contributed by atoms with van der Waals surface area (Å²) in [6.45, 7) is 0. The SMILES string of the molecule is N=N/N=N/OOOOO. The largest absolute Gasteiger partial charge is 0.219 e.